The monoisotopic (exact) mass is 318 g/mol. The van der Waals surface area contributed by atoms with Crippen molar-refractivity contribution >= 4 is 0 Å². The van der Waals surface area contributed by atoms with E-state index in [9.17, 15) is 4.39 Å². The zero-order valence-electron chi connectivity index (χ0n) is 13.9. The van der Waals surface area contributed by atoms with E-state index >= 15 is 0 Å². The molecule has 0 bridgehead atoms. The van der Waals surface area contributed by atoms with Crippen molar-refractivity contribution in [2.24, 2.45) is 0 Å². The Labute approximate surface area is 136 Å². The lowest BCUT2D eigenvalue weighted by atomic mass is 10.1. The van der Waals surface area contributed by atoms with Gasteiger partial charge < -0.3 is 4.52 Å². The average Bonchev–Trinajstić information content (AvgIpc) is 3.00. The van der Waals surface area contributed by atoms with Gasteiger partial charge in [-0.05, 0) is 38.5 Å². The van der Waals surface area contributed by atoms with E-state index in [4.69, 9.17) is 4.52 Å². The normalized spacial score (nSPS) is 19.7. The van der Waals surface area contributed by atoms with Crippen LogP contribution in [0.3, 0.4) is 0 Å². The Balaban J connectivity index is 1.59. The van der Waals surface area contributed by atoms with E-state index in [0.29, 0.717) is 11.7 Å². The number of hydrogen-bond acceptors (Lipinski definition) is 5. The van der Waals surface area contributed by atoms with Crippen LogP contribution < -0.4 is 0 Å². The molecule has 23 heavy (non-hydrogen) atoms. The van der Waals surface area contributed by atoms with Crippen LogP contribution in [0.1, 0.15) is 43.2 Å². The Morgan fingerprint density at radius 3 is 2.30 bits per heavy atom. The first-order valence-electron chi connectivity index (χ1n) is 8.08. The molecule has 3 rings (SSSR count). The van der Waals surface area contributed by atoms with Crippen LogP contribution in [0.4, 0.5) is 4.39 Å². The van der Waals surface area contributed by atoms with Gasteiger partial charge in [0.05, 0.1) is 6.04 Å². The second kappa shape index (κ2) is 6.76. The number of benzene rings is 1. The van der Waals surface area contributed by atoms with Crippen LogP contribution in [0.25, 0.3) is 0 Å². The van der Waals surface area contributed by atoms with Gasteiger partial charge in [-0.15, -0.1) is 0 Å². The third-order valence-corrected chi connectivity index (χ3v) is 4.68. The van der Waals surface area contributed by atoms with Crippen LogP contribution in [-0.2, 0) is 0 Å². The first-order chi connectivity index (χ1) is 11.0. The summed E-state index contributed by atoms with van der Waals surface area (Å²) in [5, 5.41) is 3.86. The van der Waals surface area contributed by atoms with Gasteiger partial charge >= 0.3 is 0 Å². The van der Waals surface area contributed by atoms with Crippen LogP contribution >= 0.6 is 0 Å². The molecule has 0 N–H and O–H groups in total. The Morgan fingerprint density at radius 1 is 1.09 bits per heavy atom. The summed E-state index contributed by atoms with van der Waals surface area (Å²) in [6.07, 6.45) is 0. The minimum Gasteiger partial charge on any atom is -0.338 e. The quantitative estimate of drug-likeness (QED) is 0.867. The predicted octanol–water partition coefficient (Wildman–Crippen LogP) is 2.96. The van der Waals surface area contributed by atoms with Gasteiger partial charge in [0.25, 0.3) is 0 Å². The highest BCUT2D eigenvalue weighted by atomic mass is 19.1. The van der Waals surface area contributed by atoms with Gasteiger partial charge in [-0.2, -0.15) is 4.98 Å². The molecule has 1 fully saturated rings. The minimum absolute atomic E-state index is 0.128. The molecule has 6 heteroatoms. The number of aromatic nitrogens is 2. The third kappa shape index (κ3) is 3.59. The fourth-order valence-electron chi connectivity index (χ4n) is 3.13. The number of rotatable bonds is 4. The maximum atomic E-state index is 13.4. The Hall–Kier alpha value is -1.79. The zero-order chi connectivity index (χ0) is 16.4. The molecule has 1 aliphatic rings. The van der Waals surface area contributed by atoms with E-state index in [0.717, 1.165) is 31.7 Å². The lowest BCUT2D eigenvalue weighted by molar-refractivity contribution is 0.0677. The minimum atomic E-state index is -0.173. The summed E-state index contributed by atoms with van der Waals surface area (Å²) in [4.78, 5) is 9.06. The van der Waals surface area contributed by atoms with Crippen molar-refractivity contribution in [3.8, 4) is 0 Å². The molecule has 0 saturated carbocycles. The zero-order valence-corrected chi connectivity index (χ0v) is 13.9. The summed E-state index contributed by atoms with van der Waals surface area (Å²) in [6, 6.07) is 7.22. The average molecular weight is 318 g/mol. The first-order valence-corrected chi connectivity index (χ1v) is 8.08. The Morgan fingerprint density at radius 2 is 1.74 bits per heavy atom. The smallest absolute Gasteiger partial charge is 0.243 e. The summed E-state index contributed by atoms with van der Waals surface area (Å²) in [5.41, 5.74) is 1.03. The van der Waals surface area contributed by atoms with Crippen molar-refractivity contribution in [2.75, 3.05) is 26.2 Å². The molecule has 1 aromatic heterocycles. The predicted molar refractivity (Wildman–Crippen MR) is 85.4 cm³/mol. The molecular weight excluding hydrogens is 295 g/mol. The molecule has 1 aliphatic heterocycles. The lowest BCUT2D eigenvalue weighted by Gasteiger charge is -2.39. The lowest BCUT2D eigenvalue weighted by Crippen LogP contribution is -2.47. The van der Waals surface area contributed by atoms with Gasteiger partial charge in [0.1, 0.15) is 5.82 Å². The summed E-state index contributed by atoms with van der Waals surface area (Å²) in [5.74, 6) is 1.17. The second-order valence-corrected chi connectivity index (χ2v) is 6.16. The number of halogens is 1. The molecule has 5 nitrogen and oxygen atoms in total. The van der Waals surface area contributed by atoms with Crippen molar-refractivity contribution in [2.45, 2.75) is 32.9 Å². The molecule has 0 amide bonds. The van der Waals surface area contributed by atoms with Crippen LogP contribution in [0.15, 0.2) is 28.8 Å². The van der Waals surface area contributed by atoms with Gasteiger partial charge in [0.15, 0.2) is 5.82 Å². The largest absolute Gasteiger partial charge is 0.338 e. The van der Waals surface area contributed by atoms with Gasteiger partial charge in [-0.3, -0.25) is 9.80 Å². The maximum Gasteiger partial charge on any atom is 0.243 e. The van der Waals surface area contributed by atoms with Crippen molar-refractivity contribution in [1.82, 2.24) is 19.9 Å². The molecule has 0 aliphatic carbocycles. The van der Waals surface area contributed by atoms with Crippen molar-refractivity contribution in [1.29, 1.82) is 0 Å². The number of hydrogen-bond donors (Lipinski definition) is 0. The van der Waals surface area contributed by atoms with E-state index in [1.807, 2.05) is 13.0 Å². The number of nitrogens with zero attached hydrogens (tertiary/aromatic N) is 4. The molecule has 0 spiro atoms. The fourth-order valence-corrected chi connectivity index (χ4v) is 3.13. The van der Waals surface area contributed by atoms with Crippen LogP contribution in [0.2, 0.25) is 0 Å². The molecule has 2 heterocycles. The van der Waals surface area contributed by atoms with E-state index in [-0.39, 0.29) is 17.9 Å². The van der Waals surface area contributed by atoms with Crippen molar-refractivity contribution in [3.05, 3.63) is 47.4 Å². The fraction of sp³-hybridized carbons (Fsp3) is 0.529. The number of piperazine rings is 1. The van der Waals surface area contributed by atoms with Gasteiger partial charge in [0, 0.05) is 32.2 Å². The Kier molecular flexibility index (Phi) is 4.73. The van der Waals surface area contributed by atoms with Crippen LogP contribution in [0, 0.1) is 12.7 Å². The molecule has 1 aromatic carbocycles. The maximum absolute atomic E-state index is 13.4. The first kappa shape index (κ1) is 16.1. The number of aryl methyl sites for hydroxylation is 1. The van der Waals surface area contributed by atoms with Crippen LogP contribution in [0.5, 0.6) is 0 Å². The van der Waals surface area contributed by atoms with Gasteiger partial charge in [0.2, 0.25) is 5.89 Å². The highest BCUT2D eigenvalue weighted by molar-refractivity contribution is 5.19. The SMILES string of the molecule is Cc1noc(C(C)N2CCN(C(C)c3cccc(F)c3)CC2)n1. The van der Waals surface area contributed by atoms with Crippen molar-refractivity contribution in [3.63, 3.8) is 0 Å². The molecule has 2 aromatic rings. The van der Waals surface area contributed by atoms with E-state index in [1.54, 1.807) is 12.1 Å². The van der Waals surface area contributed by atoms with Gasteiger partial charge in [-0.1, -0.05) is 17.3 Å². The van der Waals surface area contributed by atoms with E-state index in [1.165, 1.54) is 6.07 Å². The Bertz CT molecular complexity index is 652. The summed E-state index contributed by atoms with van der Waals surface area (Å²) < 4.78 is 18.7. The summed E-state index contributed by atoms with van der Waals surface area (Å²) in [6.45, 7) is 9.81. The summed E-state index contributed by atoms with van der Waals surface area (Å²) >= 11 is 0. The van der Waals surface area contributed by atoms with Crippen molar-refractivity contribution < 1.29 is 8.91 Å². The van der Waals surface area contributed by atoms with Crippen LogP contribution in [-0.4, -0.2) is 46.1 Å². The molecule has 2 unspecified atom stereocenters. The topological polar surface area (TPSA) is 45.4 Å². The molecule has 1 saturated heterocycles. The second-order valence-electron chi connectivity index (χ2n) is 6.16. The molecular formula is C17H23FN4O. The highest BCUT2D eigenvalue weighted by Gasteiger charge is 2.27. The molecule has 0 radical (unpaired) electrons. The summed E-state index contributed by atoms with van der Waals surface area (Å²) in [7, 11) is 0. The van der Waals surface area contributed by atoms with E-state index in [2.05, 4.69) is 33.8 Å². The molecule has 2 atom stereocenters. The van der Waals surface area contributed by atoms with Gasteiger partial charge in [-0.25, -0.2) is 4.39 Å². The highest BCUT2D eigenvalue weighted by Crippen LogP contribution is 2.25. The third-order valence-electron chi connectivity index (χ3n) is 4.68. The standard InChI is InChI=1S/C17H23FN4O/c1-12(15-5-4-6-16(18)11-15)21-7-9-22(10-8-21)13(2)17-19-14(3)20-23-17/h4-6,11-13H,7-10H2,1-3H3. The van der Waals surface area contributed by atoms with E-state index < -0.39 is 0 Å². The molecule has 124 valence electrons.